The molecule has 2 amide bonds. The monoisotopic (exact) mass is 390 g/mol. The Labute approximate surface area is 167 Å². The Morgan fingerprint density at radius 3 is 2.59 bits per heavy atom. The number of nitrogens with zero attached hydrogens (tertiary/aromatic N) is 2. The third-order valence-corrected chi connectivity index (χ3v) is 5.19. The number of amides is 2. The van der Waals surface area contributed by atoms with Crippen LogP contribution in [0.15, 0.2) is 59.5 Å². The predicted octanol–water partition coefficient (Wildman–Crippen LogP) is 2.71. The van der Waals surface area contributed by atoms with Gasteiger partial charge in [-0.15, -0.1) is 0 Å². The average molecular weight is 390 g/mol. The molecular weight excluding hydrogens is 368 g/mol. The lowest BCUT2D eigenvalue weighted by Crippen LogP contribution is -2.33. The molecule has 1 aliphatic rings. The molecule has 2 aromatic carbocycles. The van der Waals surface area contributed by atoms with Gasteiger partial charge in [0.2, 0.25) is 5.91 Å². The molecule has 7 heteroatoms. The lowest BCUT2D eigenvalue weighted by molar-refractivity contribution is -0.116. The first-order valence-corrected chi connectivity index (χ1v) is 9.76. The highest BCUT2D eigenvalue weighted by Gasteiger charge is 2.20. The minimum absolute atomic E-state index is 0.166. The van der Waals surface area contributed by atoms with E-state index in [1.807, 2.05) is 6.07 Å². The average Bonchev–Trinajstić information content (AvgIpc) is 3.23. The van der Waals surface area contributed by atoms with Crippen molar-refractivity contribution >= 4 is 28.5 Å². The van der Waals surface area contributed by atoms with Gasteiger partial charge in [-0.1, -0.05) is 37.1 Å². The summed E-state index contributed by atoms with van der Waals surface area (Å²) in [5, 5.41) is 5.81. The zero-order valence-corrected chi connectivity index (χ0v) is 15.9. The summed E-state index contributed by atoms with van der Waals surface area (Å²) in [7, 11) is 0. The number of hydrogen-bond donors (Lipinski definition) is 2. The molecule has 1 aliphatic carbocycles. The van der Waals surface area contributed by atoms with Gasteiger partial charge in [0.05, 0.1) is 28.5 Å². The normalized spacial score (nSPS) is 14.1. The molecule has 1 saturated carbocycles. The Balaban J connectivity index is 1.53. The summed E-state index contributed by atoms with van der Waals surface area (Å²) < 4.78 is 1.37. The number of carbonyl (C=O) groups excluding carboxylic acids is 2. The molecule has 3 aromatic rings. The molecule has 0 atom stereocenters. The minimum Gasteiger partial charge on any atom is -0.349 e. The van der Waals surface area contributed by atoms with Crippen molar-refractivity contribution < 1.29 is 9.59 Å². The maximum Gasteiger partial charge on any atom is 0.269 e. The maximum atomic E-state index is 12.7. The molecule has 1 fully saturated rings. The fourth-order valence-corrected chi connectivity index (χ4v) is 3.73. The molecule has 4 rings (SSSR count). The minimum atomic E-state index is -0.385. The molecule has 0 saturated heterocycles. The molecule has 1 aromatic heterocycles. The second kappa shape index (κ2) is 8.26. The third kappa shape index (κ3) is 4.18. The lowest BCUT2D eigenvalue weighted by atomic mass is 10.1. The third-order valence-electron chi connectivity index (χ3n) is 5.19. The van der Waals surface area contributed by atoms with Crippen LogP contribution in [-0.4, -0.2) is 27.4 Å². The maximum absolute atomic E-state index is 12.7. The van der Waals surface area contributed by atoms with Crippen LogP contribution >= 0.6 is 0 Å². The number of hydrogen-bond acceptors (Lipinski definition) is 4. The van der Waals surface area contributed by atoms with E-state index < -0.39 is 0 Å². The summed E-state index contributed by atoms with van der Waals surface area (Å²) in [6, 6.07) is 14.2. The van der Waals surface area contributed by atoms with Crippen LogP contribution in [0.1, 0.15) is 36.0 Å². The lowest BCUT2D eigenvalue weighted by Gasteiger charge is -2.15. The van der Waals surface area contributed by atoms with Crippen molar-refractivity contribution in [3.05, 3.63) is 70.6 Å². The number of fused-ring (bicyclic) bond motifs is 1. The van der Waals surface area contributed by atoms with Gasteiger partial charge in [0.1, 0.15) is 6.54 Å². The van der Waals surface area contributed by atoms with E-state index >= 15 is 0 Å². The summed E-state index contributed by atoms with van der Waals surface area (Å²) in [6.45, 7) is -0.166. The molecule has 2 N–H and O–H groups in total. The molecule has 29 heavy (non-hydrogen) atoms. The Morgan fingerprint density at radius 2 is 1.76 bits per heavy atom. The van der Waals surface area contributed by atoms with Crippen molar-refractivity contribution in [1.82, 2.24) is 14.9 Å². The van der Waals surface area contributed by atoms with Gasteiger partial charge >= 0.3 is 0 Å². The molecule has 1 heterocycles. The van der Waals surface area contributed by atoms with Crippen LogP contribution in [0.2, 0.25) is 0 Å². The first-order chi connectivity index (χ1) is 14.1. The van der Waals surface area contributed by atoms with E-state index in [1.54, 1.807) is 42.5 Å². The first-order valence-electron chi connectivity index (χ1n) is 9.76. The molecule has 0 aliphatic heterocycles. The van der Waals surface area contributed by atoms with Crippen LogP contribution in [0.4, 0.5) is 5.69 Å². The number of carbonyl (C=O) groups is 2. The Bertz CT molecular complexity index is 1120. The van der Waals surface area contributed by atoms with Crippen molar-refractivity contribution in [2.75, 3.05) is 5.32 Å². The van der Waals surface area contributed by atoms with Gasteiger partial charge in [0.15, 0.2) is 0 Å². The van der Waals surface area contributed by atoms with E-state index in [0.717, 1.165) is 25.7 Å². The topological polar surface area (TPSA) is 93.1 Å². The standard InChI is InChI=1S/C22H22N4O3/c27-20(14-26-19-12-6-5-11-18(19)23-13-21(26)28)25-17-10-4-3-9-16(17)22(29)24-15-7-1-2-8-15/h3-6,9-13,15H,1-2,7-8,14H2,(H,24,29)(H,25,27). The van der Waals surface area contributed by atoms with E-state index in [9.17, 15) is 14.4 Å². The van der Waals surface area contributed by atoms with Gasteiger partial charge in [0, 0.05) is 6.04 Å². The molecule has 0 bridgehead atoms. The second-order valence-electron chi connectivity index (χ2n) is 7.22. The number of nitrogens with one attached hydrogen (secondary N) is 2. The van der Waals surface area contributed by atoms with E-state index in [2.05, 4.69) is 15.6 Å². The molecular formula is C22H22N4O3. The number of rotatable bonds is 5. The zero-order valence-electron chi connectivity index (χ0n) is 15.9. The van der Waals surface area contributed by atoms with Gasteiger partial charge in [-0.2, -0.15) is 0 Å². The number of aromatic nitrogens is 2. The van der Waals surface area contributed by atoms with Crippen LogP contribution in [0.25, 0.3) is 11.0 Å². The summed E-state index contributed by atoms with van der Waals surface area (Å²) in [5.74, 6) is -0.580. The highest BCUT2D eigenvalue weighted by atomic mass is 16.2. The molecule has 0 radical (unpaired) electrons. The van der Waals surface area contributed by atoms with Crippen LogP contribution in [0.3, 0.4) is 0 Å². The van der Waals surface area contributed by atoms with Crippen molar-refractivity contribution in [2.45, 2.75) is 38.3 Å². The Hall–Kier alpha value is -3.48. The number of para-hydroxylation sites is 3. The van der Waals surface area contributed by atoms with E-state index in [4.69, 9.17) is 0 Å². The fraction of sp³-hybridized carbons (Fsp3) is 0.273. The fourth-order valence-electron chi connectivity index (χ4n) is 3.73. The zero-order chi connectivity index (χ0) is 20.2. The quantitative estimate of drug-likeness (QED) is 0.701. The number of benzene rings is 2. The van der Waals surface area contributed by atoms with Gasteiger partial charge < -0.3 is 10.6 Å². The van der Waals surface area contributed by atoms with Crippen LogP contribution in [0, 0.1) is 0 Å². The van der Waals surface area contributed by atoms with E-state index in [1.165, 1.54) is 10.8 Å². The molecule has 0 spiro atoms. The van der Waals surface area contributed by atoms with E-state index in [-0.39, 0.29) is 30.0 Å². The van der Waals surface area contributed by atoms with Gasteiger partial charge in [-0.3, -0.25) is 19.0 Å². The van der Waals surface area contributed by atoms with Crippen LogP contribution < -0.4 is 16.2 Å². The van der Waals surface area contributed by atoms with Crippen LogP contribution in [0.5, 0.6) is 0 Å². The van der Waals surface area contributed by atoms with E-state index in [0.29, 0.717) is 22.3 Å². The van der Waals surface area contributed by atoms with Crippen LogP contribution in [-0.2, 0) is 11.3 Å². The van der Waals surface area contributed by atoms with Gasteiger partial charge in [-0.25, -0.2) is 4.98 Å². The van der Waals surface area contributed by atoms with Crippen molar-refractivity contribution in [3.8, 4) is 0 Å². The second-order valence-corrected chi connectivity index (χ2v) is 7.22. The smallest absolute Gasteiger partial charge is 0.269 e. The largest absolute Gasteiger partial charge is 0.349 e. The molecule has 148 valence electrons. The summed E-state index contributed by atoms with van der Waals surface area (Å²) in [5.41, 5.74) is 1.71. The predicted molar refractivity (Wildman–Crippen MR) is 111 cm³/mol. The summed E-state index contributed by atoms with van der Waals surface area (Å²) in [4.78, 5) is 41.7. The Kier molecular flexibility index (Phi) is 5.37. The van der Waals surface area contributed by atoms with Gasteiger partial charge in [0.25, 0.3) is 11.5 Å². The summed E-state index contributed by atoms with van der Waals surface area (Å²) in [6.07, 6.45) is 5.42. The van der Waals surface area contributed by atoms with Crippen molar-refractivity contribution in [3.63, 3.8) is 0 Å². The first kappa shape index (κ1) is 18.9. The van der Waals surface area contributed by atoms with Gasteiger partial charge in [-0.05, 0) is 37.1 Å². The molecule has 7 nitrogen and oxygen atoms in total. The van der Waals surface area contributed by atoms with Crippen molar-refractivity contribution in [1.29, 1.82) is 0 Å². The summed E-state index contributed by atoms with van der Waals surface area (Å²) >= 11 is 0. The highest BCUT2D eigenvalue weighted by Crippen LogP contribution is 2.20. The SMILES string of the molecule is O=C(Cn1c(=O)cnc2ccccc21)Nc1ccccc1C(=O)NC1CCCC1. The Morgan fingerprint density at radius 1 is 1.03 bits per heavy atom. The number of anilines is 1. The molecule has 0 unspecified atom stereocenters. The highest BCUT2D eigenvalue weighted by molar-refractivity contribution is 6.04. The van der Waals surface area contributed by atoms with Crippen molar-refractivity contribution in [2.24, 2.45) is 0 Å².